The van der Waals surface area contributed by atoms with Crippen LogP contribution >= 0.6 is 11.6 Å². The summed E-state index contributed by atoms with van der Waals surface area (Å²) in [7, 11) is 0. The predicted octanol–water partition coefficient (Wildman–Crippen LogP) is 3.07. The zero-order valence-corrected chi connectivity index (χ0v) is 13.9. The second-order valence-electron chi connectivity index (χ2n) is 6.19. The molecule has 0 bridgehead atoms. The van der Waals surface area contributed by atoms with E-state index in [0.717, 1.165) is 55.8 Å². The molecule has 1 saturated carbocycles. The normalized spacial score (nSPS) is 21.2. The lowest BCUT2D eigenvalue weighted by Crippen LogP contribution is -2.50. The van der Waals surface area contributed by atoms with Gasteiger partial charge < -0.3 is 4.90 Å². The molecule has 1 saturated heterocycles. The summed E-state index contributed by atoms with van der Waals surface area (Å²) in [5, 5.41) is 0.607. The zero-order chi connectivity index (χ0) is 14.8. The summed E-state index contributed by atoms with van der Waals surface area (Å²) >= 11 is 6.26. The monoisotopic (exact) mass is 308 g/mol. The van der Waals surface area contributed by atoms with E-state index in [1.807, 2.05) is 6.92 Å². The van der Waals surface area contributed by atoms with Crippen LogP contribution < -0.4 is 4.90 Å². The van der Waals surface area contributed by atoms with Crippen LogP contribution in [0, 0.1) is 6.92 Å². The summed E-state index contributed by atoms with van der Waals surface area (Å²) in [6.45, 7) is 8.49. The molecule has 0 unspecified atom stereocenters. The Balaban J connectivity index is 1.70. The van der Waals surface area contributed by atoms with E-state index in [-0.39, 0.29) is 0 Å². The first-order valence-corrected chi connectivity index (χ1v) is 8.59. The lowest BCUT2D eigenvalue weighted by atomic mass is 10.1. The molecule has 2 aliphatic rings. The van der Waals surface area contributed by atoms with Gasteiger partial charge in [-0.3, -0.25) is 4.90 Å². The maximum absolute atomic E-state index is 6.26. The Morgan fingerprint density at radius 1 is 1.10 bits per heavy atom. The van der Waals surface area contributed by atoms with Crippen LogP contribution in [0.1, 0.15) is 44.0 Å². The van der Waals surface area contributed by atoms with Crippen molar-refractivity contribution in [2.75, 3.05) is 31.1 Å². The zero-order valence-electron chi connectivity index (χ0n) is 13.1. The number of piperazine rings is 1. The number of anilines is 1. The molecule has 1 aromatic heterocycles. The first-order chi connectivity index (χ1) is 10.2. The summed E-state index contributed by atoms with van der Waals surface area (Å²) in [5.41, 5.74) is 1.02. The lowest BCUT2D eigenvalue weighted by Gasteiger charge is -2.39. The third kappa shape index (κ3) is 3.16. The molecule has 1 aromatic rings. The average Bonchev–Trinajstić information content (AvgIpc) is 3.04. The van der Waals surface area contributed by atoms with Gasteiger partial charge in [0, 0.05) is 44.2 Å². The molecule has 116 valence electrons. The Hall–Kier alpha value is -0.870. The van der Waals surface area contributed by atoms with Crippen LogP contribution in [0.2, 0.25) is 5.15 Å². The van der Waals surface area contributed by atoms with E-state index >= 15 is 0 Å². The van der Waals surface area contributed by atoms with Crippen LogP contribution in [0.25, 0.3) is 0 Å². The summed E-state index contributed by atoms with van der Waals surface area (Å²) in [4.78, 5) is 14.1. The highest BCUT2D eigenvalue weighted by Crippen LogP contribution is 2.27. The Morgan fingerprint density at radius 2 is 1.76 bits per heavy atom. The van der Waals surface area contributed by atoms with Gasteiger partial charge in [0.25, 0.3) is 0 Å². The van der Waals surface area contributed by atoms with E-state index in [9.17, 15) is 0 Å². The van der Waals surface area contributed by atoms with E-state index in [1.165, 1.54) is 25.7 Å². The quantitative estimate of drug-likeness (QED) is 0.803. The Kier molecular flexibility index (Phi) is 4.65. The van der Waals surface area contributed by atoms with Gasteiger partial charge in [0.2, 0.25) is 0 Å². The summed E-state index contributed by atoms with van der Waals surface area (Å²) in [5.74, 6) is 1.89. The molecule has 5 heteroatoms. The van der Waals surface area contributed by atoms with Gasteiger partial charge in [-0.15, -0.1) is 0 Å². The van der Waals surface area contributed by atoms with E-state index in [4.69, 9.17) is 16.6 Å². The molecule has 0 N–H and O–H groups in total. The summed E-state index contributed by atoms with van der Waals surface area (Å²) in [6, 6.07) is 0.827. The molecule has 2 fully saturated rings. The third-order valence-electron chi connectivity index (χ3n) is 4.88. The number of rotatable bonds is 3. The Morgan fingerprint density at radius 3 is 2.38 bits per heavy atom. The van der Waals surface area contributed by atoms with Gasteiger partial charge in [-0.05, 0) is 19.8 Å². The lowest BCUT2D eigenvalue weighted by molar-refractivity contribution is 0.187. The molecule has 0 radical (unpaired) electrons. The second kappa shape index (κ2) is 6.49. The number of hydrogen-bond donors (Lipinski definition) is 0. The van der Waals surface area contributed by atoms with Gasteiger partial charge in [-0.1, -0.05) is 31.4 Å². The van der Waals surface area contributed by atoms with Crippen LogP contribution in [0.5, 0.6) is 0 Å². The molecule has 0 amide bonds. The van der Waals surface area contributed by atoms with Crippen LogP contribution in [0.3, 0.4) is 0 Å². The predicted molar refractivity (Wildman–Crippen MR) is 87.2 cm³/mol. The van der Waals surface area contributed by atoms with Crippen LogP contribution in [-0.2, 0) is 6.42 Å². The molecule has 0 spiro atoms. The molecular formula is C16H25ClN4. The largest absolute Gasteiger partial charge is 0.354 e. The second-order valence-corrected chi connectivity index (χ2v) is 6.55. The van der Waals surface area contributed by atoms with Gasteiger partial charge in [0.15, 0.2) is 0 Å². The van der Waals surface area contributed by atoms with E-state index < -0.39 is 0 Å². The molecular weight excluding hydrogens is 284 g/mol. The van der Waals surface area contributed by atoms with E-state index in [1.54, 1.807) is 0 Å². The van der Waals surface area contributed by atoms with Crippen molar-refractivity contribution in [1.29, 1.82) is 0 Å². The van der Waals surface area contributed by atoms with Gasteiger partial charge >= 0.3 is 0 Å². The average molecular weight is 309 g/mol. The van der Waals surface area contributed by atoms with Gasteiger partial charge in [-0.25, -0.2) is 9.97 Å². The molecule has 3 rings (SSSR count). The van der Waals surface area contributed by atoms with Gasteiger partial charge in [-0.2, -0.15) is 0 Å². The number of halogens is 1. The maximum Gasteiger partial charge on any atom is 0.137 e. The van der Waals surface area contributed by atoms with Crippen molar-refractivity contribution in [3.63, 3.8) is 0 Å². The SMILES string of the molecule is CCc1nc(Cl)c(C)c(N2CCN(C3CCCC3)CC2)n1. The third-order valence-corrected chi connectivity index (χ3v) is 5.25. The molecule has 21 heavy (non-hydrogen) atoms. The first-order valence-electron chi connectivity index (χ1n) is 8.21. The fourth-order valence-electron chi connectivity index (χ4n) is 3.55. The Labute approximate surface area is 132 Å². The minimum Gasteiger partial charge on any atom is -0.354 e. The van der Waals surface area contributed by atoms with Gasteiger partial charge in [0.1, 0.15) is 16.8 Å². The van der Waals surface area contributed by atoms with Crippen LogP contribution in [-0.4, -0.2) is 47.1 Å². The molecule has 0 aromatic carbocycles. The number of aryl methyl sites for hydroxylation is 1. The van der Waals surface area contributed by atoms with Crippen LogP contribution in [0.4, 0.5) is 5.82 Å². The van der Waals surface area contributed by atoms with Crippen LogP contribution in [0.15, 0.2) is 0 Å². The molecule has 4 nitrogen and oxygen atoms in total. The first kappa shape index (κ1) is 15.0. The summed E-state index contributed by atoms with van der Waals surface area (Å²) in [6.07, 6.45) is 6.42. The fraction of sp³-hybridized carbons (Fsp3) is 0.750. The molecule has 0 atom stereocenters. The topological polar surface area (TPSA) is 32.3 Å². The molecule has 1 aliphatic carbocycles. The smallest absolute Gasteiger partial charge is 0.137 e. The van der Waals surface area contributed by atoms with Gasteiger partial charge in [0.05, 0.1) is 0 Å². The van der Waals surface area contributed by atoms with Crippen molar-refractivity contribution < 1.29 is 0 Å². The summed E-state index contributed by atoms with van der Waals surface area (Å²) < 4.78 is 0. The maximum atomic E-state index is 6.26. The van der Waals surface area contributed by atoms with Crippen molar-refractivity contribution >= 4 is 17.4 Å². The number of hydrogen-bond acceptors (Lipinski definition) is 4. The van der Waals surface area contributed by atoms with Crippen molar-refractivity contribution in [3.8, 4) is 0 Å². The molecule has 2 heterocycles. The highest BCUT2D eigenvalue weighted by molar-refractivity contribution is 6.30. The van der Waals surface area contributed by atoms with E-state index in [2.05, 4.69) is 21.7 Å². The minimum absolute atomic E-state index is 0.607. The Bertz CT molecular complexity index is 491. The minimum atomic E-state index is 0.607. The van der Waals surface area contributed by atoms with Crippen molar-refractivity contribution in [2.45, 2.75) is 52.0 Å². The van der Waals surface area contributed by atoms with E-state index in [0.29, 0.717) is 5.15 Å². The van der Waals surface area contributed by atoms with Crippen molar-refractivity contribution in [1.82, 2.24) is 14.9 Å². The molecule has 1 aliphatic heterocycles. The fourth-order valence-corrected chi connectivity index (χ4v) is 3.74. The number of aromatic nitrogens is 2. The van der Waals surface area contributed by atoms with Crippen molar-refractivity contribution in [3.05, 3.63) is 16.5 Å². The van der Waals surface area contributed by atoms with Crippen molar-refractivity contribution in [2.24, 2.45) is 0 Å². The standard InChI is InChI=1S/C16H25ClN4/c1-3-14-18-15(17)12(2)16(19-14)21-10-8-20(9-11-21)13-6-4-5-7-13/h13H,3-11H2,1-2H3. The highest BCUT2D eigenvalue weighted by Gasteiger charge is 2.27. The highest BCUT2D eigenvalue weighted by atomic mass is 35.5. The number of nitrogens with zero attached hydrogens (tertiary/aromatic N) is 4.